The van der Waals surface area contributed by atoms with Crippen molar-refractivity contribution in [2.75, 3.05) is 40.9 Å². The lowest BCUT2D eigenvalue weighted by Crippen LogP contribution is -2.45. The van der Waals surface area contributed by atoms with Crippen molar-refractivity contribution in [3.63, 3.8) is 0 Å². The predicted octanol–water partition coefficient (Wildman–Crippen LogP) is 25.5. The molecule has 3 unspecified atom stereocenters. The molecule has 9 heteroatoms. The number of amides is 1. The van der Waals surface area contributed by atoms with Crippen LogP contribution in [-0.4, -0.2) is 68.5 Å². The zero-order chi connectivity index (χ0) is 65.5. The number of carbonyl (C=O) groups is 1. The van der Waals surface area contributed by atoms with Gasteiger partial charge in [-0.15, -0.1) is 0 Å². The number of carbonyl (C=O) groups excluding carboxylic acids is 1. The van der Waals surface area contributed by atoms with Crippen LogP contribution in [0.5, 0.6) is 0 Å². The maximum Gasteiger partial charge on any atom is 0.268 e. The molecule has 0 aromatic carbocycles. The normalized spacial score (nSPS) is 13.7. The Balaban J connectivity index is 3.95. The number of aliphatic hydroxyl groups excluding tert-OH is 1. The number of phosphoric acid groups is 1. The second kappa shape index (κ2) is 71.7. The average molecular weight is 1290 g/mol. The fraction of sp³-hybridized carbons (Fsp3) is 0.889. The van der Waals surface area contributed by atoms with Crippen LogP contribution in [0.25, 0.3) is 0 Å². The topological polar surface area (TPSA) is 108 Å². The standard InChI is InChI=1S/C81H157N2O6P/c1-6-8-10-12-14-16-18-20-22-24-26-28-30-32-34-36-38-39-40-41-42-43-45-47-49-51-53-55-57-59-61-63-65-67-69-71-73-75-81(85)82-79(78-89-90(86,87)88-77-76-83(3,4)5)80(84)74-72-70-68-66-64-62-60-58-56-54-52-50-48-46-44-37-35-33-31-29-27-25-23-21-19-17-15-13-11-9-7-2/h18,20,24,26,30,32,72,74,79-80,84H,6-17,19,21-23,25,27-29,31,33-71,73,75-78H2,1-5H3,(H-,82,85,86,87)/b20-18-,26-24-,32-30-,74-72+. The van der Waals surface area contributed by atoms with E-state index in [0.717, 1.165) is 51.4 Å². The van der Waals surface area contributed by atoms with E-state index in [0.29, 0.717) is 17.4 Å². The van der Waals surface area contributed by atoms with Crippen molar-refractivity contribution in [2.24, 2.45) is 0 Å². The number of aliphatic hydroxyl groups is 1. The molecule has 0 saturated heterocycles. The van der Waals surface area contributed by atoms with Gasteiger partial charge in [0.1, 0.15) is 13.2 Å². The molecule has 1 amide bonds. The summed E-state index contributed by atoms with van der Waals surface area (Å²) < 4.78 is 23.5. The van der Waals surface area contributed by atoms with Crippen molar-refractivity contribution in [1.82, 2.24) is 5.32 Å². The second-order valence-electron chi connectivity index (χ2n) is 28.8. The average Bonchev–Trinajstić information content (AvgIpc) is 3.18. The van der Waals surface area contributed by atoms with E-state index in [-0.39, 0.29) is 19.1 Å². The van der Waals surface area contributed by atoms with Crippen LogP contribution in [0.2, 0.25) is 0 Å². The van der Waals surface area contributed by atoms with Gasteiger partial charge in [-0.1, -0.05) is 396 Å². The Morgan fingerprint density at radius 2 is 0.644 bits per heavy atom. The van der Waals surface area contributed by atoms with E-state index in [2.05, 4.69) is 55.6 Å². The van der Waals surface area contributed by atoms with Gasteiger partial charge in [0.2, 0.25) is 5.91 Å². The van der Waals surface area contributed by atoms with E-state index < -0.39 is 20.0 Å². The van der Waals surface area contributed by atoms with Crippen LogP contribution in [0.15, 0.2) is 48.6 Å². The Morgan fingerprint density at radius 1 is 0.389 bits per heavy atom. The molecule has 0 bridgehead atoms. The van der Waals surface area contributed by atoms with Gasteiger partial charge < -0.3 is 28.8 Å². The van der Waals surface area contributed by atoms with Gasteiger partial charge in [-0.2, -0.15) is 0 Å². The van der Waals surface area contributed by atoms with Gasteiger partial charge in [0, 0.05) is 6.42 Å². The zero-order valence-electron chi connectivity index (χ0n) is 61.1. The number of phosphoric ester groups is 1. The SMILES string of the molecule is CCCCCCC/C=C\C/C=C\C/C=C\CCCCCCCCCCCCCCCCCCCCCCCCC(=O)NC(COP(=O)([O-])OCC[N+](C)(C)C)C(O)/C=C/CCCCCCCCCCCCCCCCCCCCCCCCCCCCCCC. The number of hydrogen-bond donors (Lipinski definition) is 2. The maximum atomic E-state index is 13.1. The molecular formula is C81H157N2O6P. The highest BCUT2D eigenvalue weighted by molar-refractivity contribution is 7.45. The number of likely N-dealkylation sites (N-methyl/N-ethyl adjacent to an activating group) is 1. The minimum atomic E-state index is -4.61. The van der Waals surface area contributed by atoms with Gasteiger partial charge in [0.25, 0.3) is 7.82 Å². The monoisotopic (exact) mass is 1290 g/mol. The summed E-state index contributed by atoms with van der Waals surface area (Å²) in [5.41, 5.74) is 0. The Kier molecular flexibility index (Phi) is 70.5. The van der Waals surface area contributed by atoms with Crippen molar-refractivity contribution in [3.05, 3.63) is 48.6 Å². The second-order valence-corrected chi connectivity index (χ2v) is 30.2. The molecule has 8 nitrogen and oxygen atoms in total. The molecule has 0 radical (unpaired) electrons. The number of quaternary nitrogens is 1. The van der Waals surface area contributed by atoms with Crippen LogP contribution >= 0.6 is 7.82 Å². The third-order valence-electron chi connectivity index (χ3n) is 18.5. The molecule has 90 heavy (non-hydrogen) atoms. The number of unbranched alkanes of at least 4 members (excludes halogenated alkanes) is 56. The van der Waals surface area contributed by atoms with Crippen molar-refractivity contribution in [2.45, 2.75) is 424 Å². The zero-order valence-corrected chi connectivity index (χ0v) is 62.0. The summed E-state index contributed by atoms with van der Waals surface area (Å²) in [7, 11) is 1.28. The largest absolute Gasteiger partial charge is 0.756 e. The van der Waals surface area contributed by atoms with Crippen molar-refractivity contribution < 1.29 is 32.9 Å². The summed E-state index contributed by atoms with van der Waals surface area (Å²) in [5, 5.41) is 14.0. The van der Waals surface area contributed by atoms with E-state index in [9.17, 15) is 19.4 Å². The molecule has 0 rings (SSSR count). The molecule has 0 aliphatic heterocycles. The third kappa shape index (κ3) is 73.9. The van der Waals surface area contributed by atoms with E-state index in [1.807, 2.05) is 27.2 Å². The van der Waals surface area contributed by atoms with Gasteiger partial charge in [0.15, 0.2) is 0 Å². The summed E-state index contributed by atoms with van der Waals surface area (Å²) in [5.74, 6) is -0.189. The first kappa shape index (κ1) is 88.5. The highest BCUT2D eigenvalue weighted by Gasteiger charge is 2.23. The van der Waals surface area contributed by atoms with Gasteiger partial charge in [-0.3, -0.25) is 9.36 Å². The first-order valence-corrected chi connectivity index (χ1v) is 41.5. The summed E-state index contributed by atoms with van der Waals surface area (Å²) in [4.78, 5) is 25.7. The first-order chi connectivity index (χ1) is 44.0. The molecule has 0 saturated carbocycles. The molecule has 0 aromatic rings. The number of rotatable bonds is 75. The molecule has 0 aromatic heterocycles. The predicted molar refractivity (Wildman–Crippen MR) is 395 cm³/mol. The summed E-state index contributed by atoms with van der Waals surface area (Å²) in [6, 6.07) is -0.888. The first-order valence-electron chi connectivity index (χ1n) is 40.0. The van der Waals surface area contributed by atoms with Crippen LogP contribution in [0.4, 0.5) is 0 Å². The van der Waals surface area contributed by atoms with E-state index in [4.69, 9.17) is 9.05 Å². The van der Waals surface area contributed by atoms with Gasteiger partial charge in [-0.25, -0.2) is 0 Å². The number of nitrogens with one attached hydrogen (secondary N) is 1. The molecule has 0 spiro atoms. The molecule has 532 valence electrons. The Bertz CT molecular complexity index is 1610. The summed E-state index contributed by atoms with van der Waals surface area (Å²) in [6.45, 7) is 4.70. The van der Waals surface area contributed by atoms with Crippen LogP contribution in [0.1, 0.15) is 412 Å². The molecular weight excluding hydrogens is 1130 g/mol. The van der Waals surface area contributed by atoms with Crippen LogP contribution in [0.3, 0.4) is 0 Å². The fourth-order valence-electron chi connectivity index (χ4n) is 12.3. The minimum Gasteiger partial charge on any atom is -0.756 e. The van der Waals surface area contributed by atoms with E-state index in [1.54, 1.807) is 6.08 Å². The fourth-order valence-corrected chi connectivity index (χ4v) is 13.1. The highest BCUT2D eigenvalue weighted by Crippen LogP contribution is 2.38. The van der Waals surface area contributed by atoms with Crippen LogP contribution < -0.4 is 10.2 Å². The lowest BCUT2D eigenvalue weighted by atomic mass is 10.0. The summed E-state index contributed by atoms with van der Waals surface area (Å²) in [6.07, 6.45) is 98.5. The van der Waals surface area contributed by atoms with Crippen LogP contribution in [-0.2, 0) is 18.4 Å². The van der Waals surface area contributed by atoms with Crippen molar-refractivity contribution in [3.8, 4) is 0 Å². The smallest absolute Gasteiger partial charge is 0.268 e. The lowest BCUT2D eigenvalue weighted by molar-refractivity contribution is -0.870. The Hall–Kier alpha value is -1.54. The maximum absolute atomic E-state index is 13.1. The summed E-state index contributed by atoms with van der Waals surface area (Å²) >= 11 is 0. The quantitative estimate of drug-likeness (QED) is 0.0272. The molecule has 0 aliphatic rings. The minimum absolute atomic E-state index is 0.000907. The Labute approximate surface area is 562 Å². The lowest BCUT2D eigenvalue weighted by Gasteiger charge is -2.29. The molecule has 0 heterocycles. The third-order valence-corrected chi connectivity index (χ3v) is 19.5. The van der Waals surface area contributed by atoms with E-state index in [1.165, 1.54) is 340 Å². The number of allylic oxidation sites excluding steroid dienone is 7. The number of nitrogens with zero attached hydrogens (tertiary/aromatic N) is 1. The van der Waals surface area contributed by atoms with Crippen molar-refractivity contribution >= 4 is 13.7 Å². The number of hydrogen-bond acceptors (Lipinski definition) is 6. The molecule has 3 atom stereocenters. The van der Waals surface area contributed by atoms with Gasteiger partial charge >= 0.3 is 0 Å². The highest BCUT2D eigenvalue weighted by atomic mass is 31.2. The van der Waals surface area contributed by atoms with Gasteiger partial charge in [-0.05, 0) is 57.8 Å². The molecule has 0 aliphatic carbocycles. The van der Waals surface area contributed by atoms with Crippen molar-refractivity contribution in [1.29, 1.82) is 0 Å². The molecule has 2 N–H and O–H groups in total. The van der Waals surface area contributed by atoms with Gasteiger partial charge in [0.05, 0.1) is 39.9 Å². The van der Waals surface area contributed by atoms with E-state index >= 15 is 0 Å². The Morgan fingerprint density at radius 3 is 0.933 bits per heavy atom. The molecule has 0 fully saturated rings. The van der Waals surface area contributed by atoms with Crippen LogP contribution in [0, 0.1) is 0 Å².